The Morgan fingerprint density at radius 3 is 2.76 bits per heavy atom. The maximum atomic E-state index is 6.34. The quantitative estimate of drug-likeness (QED) is 0.713. The van der Waals surface area contributed by atoms with Crippen LogP contribution < -0.4 is 0 Å². The summed E-state index contributed by atoms with van der Waals surface area (Å²) in [6.45, 7) is 4.26. The van der Waals surface area contributed by atoms with Crippen molar-refractivity contribution in [2.75, 3.05) is 0 Å². The summed E-state index contributed by atoms with van der Waals surface area (Å²) in [6, 6.07) is 7.86. The molecule has 2 unspecified atom stereocenters. The number of benzene rings is 1. The van der Waals surface area contributed by atoms with Crippen molar-refractivity contribution in [1.29, 1.82) is 0 Å². The second-order valence-corrected chi connectivity index (χ2v) is 5.27. The van der Waals surface area contributed by atoms with Crippen LogP contribution in [0.3, 0.4) is 0 Å². The number of rotatable bonds is 3. The highest BCUT2D eigenvalue weighted by atomic mass is 35.5. The first-order valence-electron chi connectivity index (χ1n) is 5.81. The summed E-state index contributed by atoms with van der Waals surface area (Å²) in [5.74, 6) is 0.313. The maximum Gasteiger partial charge on any atom is 0.0719 e. The third-order valence-electron chi connectivity index (χ3n) is 3.16. The largest absolute Gasteiger partial charge is 0.256 e. The molecule has 3 heteroatoms. The van der Waals surface area contributed by atoms with E-state index in [0.717, 1.165) is 17.3 Å². The second-order valence-electron chi connectivity index (χ2n) is 4.27. The Labute approximate surface area is 112 Å². The molecular formula is C14H15Cl2N. The highest BCUT2D eigenvalue weighted by Gasteiger charge is 2.17. The molecule has 0 aliphatic rings. The summed E-state index contributed by atoms with van der Waals surface area (Å²) in [5.41, 5.74) is 2.18. The zero-order valence-corrected chi connectivity index (χ0v) is 11.5. The van der Waals surface area contributed by atoms with Gasteiger partial charge in [-0.1, -0.05) is 31.5 Å². The molecule has 0 bridgehead atoms. The maximum absolute atomic E-state index is 6.34. The van der Waals surface area contributed by atoms with E-state index >= 15 is 0 Å². The van der Waals surface area contributed by atoms with E-state index in [1.54, 1.807) is 0 Å². The van der Waals surface area contributed by atoms with Gasteiger partial charge in [0.05, 0.1) is 5.52 Å². The third-order valence-corrected chi connectivity index (χ3v) is 4.08. The number of fused-ring (bicyclic) bond motifs is 1. The van der Waals surface area contributed by atoms with E-state index in [0.29, 0.717) is 10.9 Å². The molecule has 90 valence electrons. The minimum Gasteiger partial charge on any atom is -0.256 e. The number of alkyl halides is 1. The Morgan fingerprint density at radius 1 is 1.29 bits per heavy atom. The van der Waals surface area contributed by atoms with Gasteiger partial charge in [0.1, 0.15) is 0 Å². The summed E-state index contributed by atoms with van der Waals surface area (Å²) in [5, 5.41) is 2.01. The third kappa shape index (κ3) is 2.56. The Balaban J connectivity index is 2.54. The summed E-state index contributed by atoms with van der Waals surface area (Å²) < 4.78 is 0. The van der Waals surface area contributed by atoms with E-state index in [-0.39, 0.29) is 5.38 Å². The Kier molecular flexibility index (Phi) is 3.90. The van der Waals surface area contributed by atoms with Crippen LogP contribution in [0.2, 0.25) is 5.02 Å². The van der Waals surface area contributed by atoms with E-state index in [4.69, 9.17) is 23.2 Å². The molecule has 0 spiro atoms. The number of aromatic nitrogens is 1. The van der Waals surface area contributed by atoms with Gasteiger partial charge in [-0.15, -0.1) is 11.6 Å². The number of halogens is 2. The summed E-state index contributed by atoms with van der Waals surface area (Å²) in [4.78, 5) is 4.34. The van der Waals surface area contributed by atoms with Crippen molar-refractivity contribution in [3.05, 3.63) is 41.0 Å². The molecule has 1 nitrogen and oxygen atoms in total. The number of hydrogen-bond donors (Lipinski definition) is 0. The zero-order chi connectivity index (χ0) is 12.4. The second kappa shape index (κ2) is 5.24. The van der Waals surface area contributed by atoms with Crippen molar-refractivity contribution in [2.24, 2.45) is 0 Å². The fourth-order valence-corrected chi connectivity index (χ4v) is 2.39. The molecule has 2 rings (SSSR count). The van der Waals surface area contributed by atoms with Crippen molar-refractivity contribution >= 4 is 34.1 Å². The first-order chi connectivity index (χ1) is 8.13. The number of pyridine rings is 1. The average molecular weight is 268 g/mol. The van der Waals surface area contributed by atoms with Gasteiger partial charge in [0.15, 0.2) is 0 Å². The fourth-order valence-electron chi connectivity index (χ4n) is 2.09. The van der Waals surface area contributed by atoms with Gasteiger partial charge in [-0.3, -0.25) is 4.98 Å². The van der Waals surface area contributed by atoms with Crippen LogP contribution >= 0.6 is 23.2 Å². The summed E-state index contributed by atoms with van der Waals surface area (Å²) in [6.07, 6.45) is 2.78. The smallest absolute Gasteiger partial charge is 0.0719 e. The van der Waals surface area contributed by atoms with E-state index < -0.39 is 0 Å². The van der Waals surface area contributed by atoms with Gasteiger partial charge in [0, 0.05) is 22.0 Å². The zero-order valence-electron chi connectivity index (χ0n) is 9.95. The Hall–Kier alpha value is -0.790. The predicted molar refractivity (Wildman–Crippen MR) is 75.1 cm³/mol. The van der Waals surface area contributed by atoms with E-state index in [1.165, 1.54) is 5.56 Å². The lowest BCUT2D eigenvalue weighted by atomic mass is 9.93. The molecule has 1 aromatic carbocycles. The van der Waals surface area contributed by atoms with Crippen molar-refractivity contribution in [2.45, 2.75) is 31.6 Å². The highest BCUT2D eigenvalue weighted by Crippen LogP contribution is 2.31. The van der Waals surface area contributed by atoms with Gasteiger partial charge in [0.25, 0.3) is 0 Å². The van der Waals surface area contributed by atoms with Crippen LogP contribution in [0, 0.1) is 0 Å². The lowest BCUT2D eigenvalue weighted by molar-refractivity contribution is 0.678. The van der Waals surface area contributed by atoms with Gasteiger partial charge in [-0.25, -0.2) is 0 Å². The minimum atomic E-state index is 0.149. The number of nitrogens with zero attached hydrogens (tertiary/aromatic N) is 1. The molecule has 0 fully saturated rings. The van der Waals surface area contributed by atoms with E-state index in [1.807, 2.05) is 30.5 Å². The first-order valence-corrected chi connectivity index (χ1v) is 6.63. The van der Waals surface area contributed by atoms with Crippen molar-refractivity contribution < 1.29 is 0 Å². The van der Waals surface area contributed by atoms with E-state index in [9.17, 15) is 0 Å². The molecule has 0 saturated carbocycles. The highest BCUT2D eigenvalue weighted by molar-refractivity contribution is 6.31. The van der Waals surface area contributed by atoms with Crippen LogP contribution in [0.15, 0.2) is 30.5 Å². The first kappa shape index (κ1) is 12.7. The van der Waals surface area contributed by atoms with Gasteiger partial charge in [-0.2, -0.15) is 0 Å². The normalized spacial score (nSPS) is 14.8. The molecule has 0 saturated heterocycles. The molecule has 2 aromatic rings. The van der Waals surface area contributed by atoms with Crippen molar-refractivity contribution in [3.63, 3.8) is 0 Å². The molecule has 0 radical (unpaired) electrons. The Morgan fingerprint density at radius 2 is 2.06 bits per heavy atom. The molecule has 0 N–H and O–H groups in total. The van der Waals surface area contributed by atoms with Crippen LogP contribution in [-0.2, 0) is 0 Å². The Bertz CT molecular complexity index is 525. The lowest BCUT2D eigenvalue weighted by Gasteiger charge is -2.18. The van der Waals surface area contributed by atoms with Crippen LogP contribution in [0.25, 0.3) is 10.9 Å². The molecule has 0 aliphatic heterocycles. The van der Waals surface area contributed by atoms with Crippen molar-refractivity contribution in [1.82, 2.24) is 4.98 Å². The SMILES string of the molecule is CCC(Cl)C(C)c1ccnc2cc(Cl)ccc12. The molecule has 1 aromatic heterocycles. The van der Waals surface area contributed by atoms with Crippen molar-refractivity contribution in [3.8, 4) is 0 Å². The molecule has 17 heavy (non-hydrogen) atoms. The van der Waals surface area contributed by atoms with Gasteiger partial charge < -0.3 is 0 Å². The summed E-state index contributed by atoms with van der Waals surface area (Å²) >= 11 is 12.3. The minimum absolute atomic E-state index is 0.149. The van der Waals surface area contributed by atoms with Gasteiger partial charge >= 0.3 is 0 Å². The molecule has 1 heterocycles. The molecule has 2 atom stereocenters. The summed E-state index contributed by atoms with van der Waals surface area (Å²) in [7, 11) is 0. The fraction of sp³-hybridized carbons (Fsp3) is 0.357. The standard InChI is InChI=1S/C14H15Cl2N/c1-3-13(16)9(2)11-6-7-17-14-8-10(15)4-5-12(11)14/h4-9,13H,3H2,1-2H3. The van der Waals surface area contributed by atoms with E-state index in [2.05, 4.69) is 18.8 Å². The molecule has 0 aliphatic carbocycles. The molecular weight excluding hydrogens is 253 g/mol. The van der Waals surface area contributed by atoms with Crippen LogP contribution in [0.1, 0.15) is 31.7 Å². The van der Waals surface area contributed by atoms with Gasteiger partial charge in [-0.05, 0) is 36.1 Å². The van der Waals surface area contributed by atoms with Crippen LogP contribution in [0.4, 0.5) is 0 Å². The topological polar surface area (TPSA) is 12.9 Å². The molecule has 0 amide bonds. The average Bonchev–Trinajstić information content (AvgIpc) is 2.35. The predicted octanol–water partition coefficient (Wildman–Crippen LogP) is 5.01. The van der Waals surface area contributed by atoms with Crippen LogP contribution in [-0.4, -0.2) is 10.4 Å². The monoisotopic (exact) mass is 267 g/mol. The van der Waals surface area contributed by atoms with Gasteiger partial charge in [0.2, 0.25) is 0 Å². The lowest BCUT2D eigenvalue weighted by Crippen LogP contribution is -2.08. The van der Waals surface area contributed by atoms with Crippen LogP contribution in [0.5, 0.6) is 0 Å². The number of hydrogen-bond acceptors (Lipinski definition) is 1.